The fourth-order valence-corrected chi connectivity index (χ4v) is 4.61. The average Bonchev–Trinajstić information content (AvgIpc) is 2.85. The van der Waals surface area contributed by atoms with Crippen molar-refractivity contribution in [2.45, 2.75) is 78.1 Å². The Morgan fingerprint density at radius 1 is 1.02 bits per heavy atom. The second kappa shape index (κ2) is 13.8. The largest absolute Gasteiger partial charge is 0.507 e. The van der Waals surface area contributed by atoms with Gasteiger partial charge < -0.3 is 30.1 Å². The Labute approximate surface area is 242 Å². The number of carbonyl (C=O) groups is 3. The van der Waals surface area contributed by atoms with Crippen LogP contribution < -0.4 is 15.4 Å². The minimum Gasteiger partial charge on any atom is -0.507 e. The van der Waals surface area contributed by atoms with E-state index in [1.807, 2.05) is 27.0 Å². The highest BCUT2D eigenvalue weighted by Gasteiger charge is 2.43. The van der Waals surface area contributed by atoms with Crippen molar-refractivity contribution in [3.63, 3.8) is 0 Å². The van der Waals surface area contributed by atoms with Gasteiger partial charge in [-0.05, 0) is 96.7 Å². The number of aromatic hydroxyl groups is 1. The Hall–Kier alpha value is -3.40. The predicted octanol–water partition coefficient (Wildman–Crippen LogP) is 5.66. The summed E-state index contributed by atoms with van der Waals surface area (Å²) in [5, 5.41) is 16.7. The molecule has 3 amide bonds. The quantitative estimate of drug-likeness (QED) is 0.336. The molecule has 2 unspecified atom stereocenters. The number of rotatable bonds is 10. The average molecular weight is 574 g/mol. The summed E-state index contributed by atoms with van der Waals surface area (Å²) in [4.78, 5) is 42.5. The lowest BCUT2D eigenvalue weighted by atomic mass is 9.93. The number of hydrogen-bond donors (Lipinski definition) is 3. The predicted molar refractivity (Wildman–Crippen MR) is 160 cm³/mol. The number of nitrogens with one attached hydrogen (secondary N) is 2. The summed E-state index contributed by atoms with van der Waals surface area (Å²) in [6.45, 7) is 12.4. The Morgan fingerprint density at radius 2 is 1.65 bits per heavy atom. The van der Waals surface area contributed by atoms with E-state index >= 15 is 0 Å². The number of methoxy groups -OCH3 is 1. The topological polar surface area (TPSA) is 117 Å². The third kappa shape index (κ3) is 9.08. The van der Waals surface area contributed by atoms with Crippen molar-refractivity contribution in [1.82, 2.24) is 10.2 Å². The molecular weight excluding hydrogens is 530 g/mol. The zero-order valence-corrected chi connectivity index (χ0v) is 25.8. The lowest BCUT2D eigenvalue weighted by Crippen LogP contribution is -2.58. The molecule has 220 valence electrons. The van der Waals surface area contributed by atoms with Gasteiger partial charge in [-0.25, -0.2) is 4.79 Å². The molecule has 0 aliphatic carbocycles. The maximum absolute atomic E-state index is 14.3. The van der Waals surface area contributed by atoms with Gasteiger partial charge in [0.2, 0.25) is 5.91 Å². The number of phenolic OH excluding ortho intramolecular Hbond substituents is 1. The Balaban J connectivity index is 2.61. The van der Waals surface area contributed by atoms with Crippen LogP contribution in [0.5, 0.6) is 11.5 Å². The number of hydrogen-bond acceptors (Lipinski definition) is 7. The van der Waals surface area contributed by atoms with Gasteiger partial charge in [0.15, 0.2) is 0 Å². The number of amides is 3. The number of ether oxygens (including phenoxy) is 2. The molecule has 0 saturated heterocycles. The van der Waals surface area contributed by atoms with E-state index in [-0.39, 0.29) is 11.3 Å². The second-order valence-electron chi connectivity index (χ2n) is 11.5. The van der Waals surface area contributed by atoms with E-state index in [1.54, 1.807) is 77.3 Å². The molecular formula is C30H43N3O6S. The highest BCUT2D eigenvalue weighted by molar-refractivity contribution is 7.98. The molecule has 0 fully saturated rings. The molecule has 0 radical (unpaired) electrons. The molecule has 2 rings (SSSR count). The number of nitrogens with zero attached hydrogens (tertiary/aromatic N) is 1. The van der Waals surface area contributed by atoms with Gasteiger partial charge in [0.05, 0.1) is 7.11 Å². The normalized spacial score (nSPS) is 13.1. The molecule has 0 bridgehead atoms. The van der Waals surface area contributed by atoms with Crippen molar-refractivity contribution in [3.8, 4) is 11.5 Å². The maximum Gasteiger partial charge on any atom is 0.408 e. The van der Waals surface area contributed by atoms with E-state index in [2.05, 4.69) is 10.6 Å². The lowest BCUT2D eigenvalue weighted by Gasteiger charge is -2.43. The highest BCUT2D eigenvalue weighted by Crippen LogP contribution is 2.37. The van der Waals surface area contributed by atoms with Crippen LogP contribution in [-0.2, 0) is 14.3 Å². The summed E-state index contributed by atoms with van der Waals surface area (Å²) >= 11 is 1.53. The minimum absolute atomic E-state index is 0.0832. The van der Waals surface area contributed by atoms with Crippen molar-refractivity contribution in [3.05, 3.63) is 53.6 Å². The maximum atomic E-state index is 14.3. The Morgan fingerprint density at radius 3 is 2.17 bits per heavy atom. The van der Waals surface area contributed by atoms with E-state index in [1.165, 1.54) is 16.7 Å². The number of phenols is 1. The monoisotopic (exact) mass is 573 g/mol. The van der Waals surface area contributed by atoms with Crippen LogP contribution in [0.25, 0.3) is 0 Å². The van der Waals surface area contributed by atoms with Crippen LogP contribution in [0, 0.1) is 6.92 Å². The lowest BCUT2D eigenvalue weighted by molar-refractivity contribution is -0.146. The molecule has 0 aliphatic heterocycles. The van der Waals surface area contributed by atoms with Gasteiger partial charge in [-0.2, -0.15) is 11.8 Å². The van der Waals surface area contributed by atoms with Gasteiger partial charge in [0.1, 0.15) is 29.2 Å². The number of benzene rings is 2. The van der Waals surface area contributed by atoms with Gasteiger partial charge in [-0.3, -0.25) is 9.59 Å². The smallest absolute Gasteiger partial charge is 0.408 e. The van der Waals surface area contributed by atoms with Crippen molar-refractivity contribution >= 4 is 35.4 Å². The molecule has 2 aromatic rings. The van der Waals surface area contributed by atoms with Crippen molar-refractivity contribution < 1.29 is 29.0 Å². The highest BCUT2D eigenvalue weighted by atomic mass is 32.2. The molecule has 0 aliphatic rings. The number of para-hydroxylation sites is 1. The minimum atomic E-state index is -1.22. The molecule has 2 aromatic carbocycles. The summed E-state index contributed by atoms with van der Waals surface area (Å²) < 4.78 is 10.6. The zero-order chi connectivity index (χ0) is 30.3. The van der Waals surface area contributed by atoms with Crippen LogP contribution >= 0.6 is 11.8 Å². The molecule has 9 nitrogen and oxygen atoms in total. The third-order valence-corrected chi connectivity index (χ3v) is 6.63. The van der Waals surface area contributed by atoms with Crippen molar-refractivity contribution in [2.24, 2.45) is 0 Å². The summed E-state index contributed by atoms with van der Waals surface area (Å²) in [6.07, 6.45) is 1.50. The van der Waals surface area contributed by atoms with E-state index < -0.39 is 41.1 Å². The van der Waals surface area contributed by atoms with Crippen molar-refractivity contribution in [1.29, 1.82) is 0 Å². The number of aryl methyl sites for hydroxylation is 1. The first-order valence-electron chi connectivity index (χ1n) is 13.1. The van der Waals surface area contributed by atoms with Gasteiger partial charge in [-0.1, -0.05) is 18.2 Å². The van der Waals surface area contributed by atoms with E-state index in [9.17, 15) is 19.5 Å². The van der Waals surface area contributed by atoms with Gasteiger partial charge >= 0.3 is 6.09 Å². The first kappa shape index (κ1) is 32.8. The third-order valence-electron chi connectivity index (χ3n) is 5.99. The van der Waals surface area contributed by atoms with Crippen LogP contribution in [0.2, 0.25) is 0 Å². The number of alkyl carbamates (subject to hydrolysis) is 1. The fraction of sp³-hybridized carbons (Fsp3) is 0.500. The standard InChI is InChI=1S/C30H43N3O6S/c1-19-11-10-12-22(25(19)34)24(26(35)31-20-13-15-21(38-8)16-14-20)33(29(2,3)4)27(36)23(17-18-40-9)32-28(37)39-30(5,6)7/h10-16,23-24,34H,17-18H2,1-9H3,(H,31,35)(H,32,37). The number of carbonyl (C=O) groups excluding carboxylic acids is 3. The molecule has 0 saturated carbocycles. The Bertz CT molecular complexity index is 1170. The molecule has 3 N–H and O–H groups in total. The second-order valence-corrected chi connectivity index (χ2v) is 12.5. The first-order valence-corrected chi connectivity index (χ1v) is 14.5. The summed E-state index contributed by atoms with van der Waals surface area (Å²) in [5.41, 5.74) is -0.311. The van der Waals surface area contributed by atoms with E-state index in [0.29, 0.717) is 29.2 Å². The number of anilines is 1. The molecule has 0 aromatic heterocycles. The molecule has 0 spiro atoms. The fourth-order valence-electron chi connectivity index (χ4n) is 4.14. The number of thioether (sulfide) groups is 1. The summed E-state index contributed by atoms with van der Waals surface area (Å²) in [5.74, 6) is 0.142. The zero-order valence-electron chi connectivity index (χ0n) is 25.0. The van der Waals surface area contributed by atoms with Crippen molar-refractivity contribution in [2.75, 3.05) is 24.4 Å². The first-order chi connectivity index (χ1) is 18.6. The SMILES string of the molecule is COc1ccc(NC(=O)C(c2cccc(C)c2O)N(C(=O)C(CCSC)NC(=O)OC(C)(C)C)C(C)(C)C)cc1. The van der Waals surface area contributed by atoms with Crippen LogP contribution in [0.1, 0.15) is 65.1 Å². The van der Waals surface area contributed by atoms with E-state index in [0.717, 1.165) is 0 Å². The molecule has 40 heavy (non-hydrogen) atoms. The summed E-state index contributed by atoms with van der Waals surface area (Å²) in [7, 11) is 1.55. The Kier molecular flexibility index (Phi) is 11.3. The van der Waals surface area contributed by atoms with Crippen LogP contribution in [0.3, 0.4) is 0 Å². The molecule has 10 heteroatoms. The van der Waals surface area contributed by atoms with E-state index in [4.69, 9.17) is 9.47 Å². The van der Waals surface area contributed by atoms with Crippen LogP contribution in [-0.4, -0.2) is 64.2 Å². The summed E-state index contributed by atoms with van der Waals surface area (Å²) in [6, 6.07) is 9.72. The van der Waals surface area contributed by atoms with Gasteiger partial charge in [-0.15, -0.1) is 0 Å². The molecule has 0 heterocycles. The van der Waals surface area contributed by atoms with Gasteiger partial charge in [0, 0.05) is 16.8 Å². The van der Waals surface area contributed by atoms with Crippen LogP contribution in [0.4, 0.5) is 10.5 Å². The van der Waals surface area contributed by atoms with Crippen LogP contribution in [0.15, 0.2) is 42.5 Å². The molecule has 2 atom stereocenters. The van der Waals surface area contributed by atoms with Gasteiger partial charge in [0.25, 0.3) is 5.91 Å².